The Morgan fingerprint density at radius 3 is 2.36 bits per heavy atom. The number of amides is 2. The quantitative estimate of drug-likeness (QED) is 0.225. The summed E-state index contributed by atoms with van der Waals surface area (Å²) in [5.74, 6) is 0.00752. The fraction of sp³-hybridized carbons (Fsp3) is 0.433. The van der Waals surface area contributed by atoms with E-state index in [9.17, 15) is 27.9 Å². The van der Waals surface area contributed by atoms with Gasteiger partial charge in [0.25, 0.3) is 5.91 Å². The van der Waals surface area contributed by atoms with E-state index in [1.807, 2.05) is 48.9 Å². The minimum atomic E-state index is -4.55. The summed E-state index contributed by atoms with van der Waals surface area (Å²) < 4.78 is 45.4. The fourth-order valence-electron chi connectivity index (χ4n) is 4.44. The van der Waals surface area contributed by atoms with Crippen LogP contribution < -0.4 is 15.4 Å². The molecule has 0 saturated heterocycles. The van der Waals surface area contributed by atoms with E-state index in [0.717, 1.165) is 29.6 Å². The van der Waals surface area contributed by atoms with E-state index in [0.29, 0.717) is 19.4 Å². The molecule has 3 atom stereocenters. The normalized spacial score (nSPS) is 13.7. The molecule has 0 bridgehead atoms. The molecule has 8 nitrogen and oxygen atoms in total. The Labute approximate surface area is 248 Å². The van der Waals surface area contributed by atoms with Crippen molar-refractivity contribution in [1.29, 1.82) is 0 Å². The predicted octanol–water partition coefficient (Wildman–Crippen LogP) is 5.86. The topological polar surface area (TPSA) is 105 Å². The van der Waals surface area contributed by atoms with Crippen molar-refractivity contribution in [3.63, 3.8) is 0 Å². The van der Waals surface area contributed by atoms with Gasteiger partial charge in [0.15, 0.2) is 6.10 Å². The second kappa shape index (κ2) is 14.6. The number of nitrogens with one attached hydrogen (secondary N) is 2. The number of imidazole rings is 1. The molecule has 1 aromatic heterocycles. The molecule has 0 aliphatic carbocycles. The molecule has 3 N–H and O–H groups in total. The summed E-state index contributed by atoms with van der Waals surface area (Å²) >= 11 is 6.09. The zero-order chi connectivity index (χ0) is 31.0. The number of carbonyl (C=O) groups is 2. The largest absolute Gasteiger partial charge is 0.480 e. The number of aromatic nitrogens is 2. The van der Waals surface area contributed by atoms with E-state index in [4.69, 9.17) is 21.3 Å². The standard InChI is InChI=1S/C30H36ClF3N4O4/c1-5-25(35-19(4)40)28-37-26(17-38(28)6-2)21-9-7-20(8-10-21)15-23(13-14-39)36-29(41)22-11-12-27(24(31)16-22)42-18(3)30(32,33)34/h7-12,16-18,23,25,39H,5-6,13-15H2,1-4H3,(H,35,40)(H,36,41)/t18?,23-,25?/m1/s1. The number of benzene rings is 2. The minimum Gasteiger partial charge on any atom is -0.480 e. The van der Waals surface area contributed by atoms with Crippen molar-refractivity contribution in [2.75, 3.05) is 6.61 Å². The van der Waals surface area contributed by atoms with Crippen molar-refractivity contribution >= 4 is 23.4 Å². The molecular formula is C30H36ClF3N4O4. The molecule has 2 amide bonds. The van der Waals surface area contributed by atoms with Gasteiger partial charge in [-0.15, -0.1) is 0 Å². The fourth-order valence-corrected chi connectivity index (χ4v) is 4.66. The van der Waals surface area contributed by atoms with Gasteiger partial charge in [-0.25, -0.2) is 4.98 Å². The highest BCUT2D eigenvalue weighted by Gasteiger charge is 2.38. The van der Waals surface area contributed by atoms with Gasteiger partial charge >= 0.3 is 6.18 Å². The van der Waals surface area contributed by atoms with E-state index < -0.39 is 24.2 Å². The molecule has 0 saturated carbocycles. The second-order valence-electron chi connectivity index (χ2n) is 9.96. The Balaban J connectivity index is 1.70. The smallest absolute Gasteiger partial charge is 0.425 e. The molecule has 3 rings (SSSR count). The second-order valence-corrected chi connectivity index (χ2v) is 10.4. The lowest BCUT2D eigenvalue weighted by atomic mass is 10.0. The van der Waals surface area contributed by atoms with Crippen LogP contribution in [0, 0.1) is 0 Å². The first-order valence-corrected chi connectivity index (χ1v) is 14.1. The van der Waals surface area contributed by atoms with Crippen LogP contribution in [0.2, 0.25) is 5.02 Å². The molecule has 3 aromatic rings. The molecule has 228 valence electrons. The van der Waals surface area contributed by atoms with Crippen molar-refractivity contribution in [3.8, 4) is 17.0 Å². The number of aliphatic hydroxyl groups is 1. The SMILES string of the molecule is CCC(NC(C)=O)c1nc(-c2ccc(C[C@@H](CCO)NC(=O)c3ccc(OC(C)C(F)(F)F)c(Cl)c3)cc2)cn1CC. The molecule has 12 heteroatoms. The van der Waals surface area contributed by atoms with Crippen molar-refractivity contribution in [2.24, 2.45) is 0 Å². The zero-order valence-corrected chi connectivity index (χ0v) is 24.7. The lowest BCUT2D eigenvalue weighted by molar-refractivity contribution is -0.189. The first kappa shape index (κ1) is 32.9. The molecule has 2 unspecified atom stereocenters. The number of hydrogen-bond donors (Lipinski definition) is 3. The van der Waals surface area contributed by atoms with Crippen molar-refractivity contribution < 1.29 is 32.6 Å². The number of alkyl halides is 3. The number of ether oxygens (including phenoxy) is 1. The van der Waals surface area contributed by atoms with Crippen molar-refractivity contribution in [1.82, 2.24) is 20.2 Å². The number of carbonyl (C=O) groups excluding carboxylic acids is 2. The van der Waals surface area contributed by atoms with E-state index in [2.05, 4.69) is 10.6 Å². The first-order chi connectivity index (χ1) is 19.9. The number of hydrogen-bond acceptors (Lipinski definition) is 5. The molecule has 0 aliphatic heterocycles. The number of aliphatic hydroxyl groups excluding tert-OH is 1. The zero-order valence-electron chi connectivity index (χ0n) is 24.0. The molecule has 0 radical (unpaired) electrons. The van der Waals surface area contributed by atoms with E-state index in [1.165, 1.54) is 25.1 Å². The minimum absolute atomic E-state index is 0.118. The van der Waals surface area contributed by atoms with Crippen LogP contribution in [0.25, 0.3) is 11.3 Å². The van der Waals surface area contributed by atoms with E-state index in [-0.39, 0.29) is 41.3 Å². The lowest BCUT2D eigenvalue weighted by Gasteiger charge is -2.20. The van der Waals surface area contributed by atoms with Gasteiger partial charge in [0.1, 0.15) is 11.6 Å². The van der Waals surface area contributed by atoms with Crippen LogP contribution in [-0.2, 0) is 17.8 Å². The molecule has 42 heavy (non-hydrogen) atoms. The first-order valence-electron chi connectivity index (χ1n) is 13.7. The summed E-state index contributed by atoms with van der Waals surface area (Å²) in [5.41, 5.74) is 2.73. The lowest BCUT2D eigenvalue weighted by Crippen LogP contribution is -2.37. The number of nitrogens with zero attached hydrogens (tertiary/aromatic N) is 2. The Morgan fingerprint density at radius 1 is 1.12 bits per heavy atom. The third-order valence-corrected chi connectivity index (χ3v) is 7.04. The van der Waals surface area contributed by atoms with Gasteiger partial charge in [-0.05, 0) is 56.9 Å². The summed E-state index contributed by atoms with van der Waals surface area (Å²) in [4.78, 5) is 29.3. The molecule has 0 aliphatic rings. The van der Waals surface area contributed by atoms with Gasteiger partial charge in [0.05, 0.1) is 16.8 Å². The molecule has 0 fully saturated rings. The maximum absolute atomic E-state index is 12.9. The summed E-state index contributed by atoms with van der Waals surface area (Å²) in [6.45, 7) is 6.90. The Morgan fingerprint density at radius 2 is 1.81 bits per heavy atom. The van der Waals surface area contributed by atoms with Gasteiger partial charge in [0, 0.05) is 43.4 Å². The van der Waals surface area contributed by atoms with Crippen LogP contribution in [-0.4, -0.2) is 51.4 Å². The van der Waals surface area contributed by atoms with Crippen LogP contribution in [0.15, 0.2) is 48.7 Å². The van der Waals surface area contributed by atoms with Gasteiger partial charge < -0.3 is 25.0 Å². The van der Waals surface area contributed by atoms with Gasteiger partial charge in [-0.3, -0.25) is 9.59 Å². The van der Waals surface area contributed by atoms with Crippen LogP contribution in [0.3, 0.4) is 0 Å². The Kier molecular flexibility index (Phi) is 11.4. The predicted molar refractivity (Wildman–Crippen MR) is 154 cm³/mol. The highest BCUT2D eigenvalue weighted by molar-refractivity contribution is 6.32. The van der Waals surface area contributed by atoms with Gasteiger partial charge in [-0.2, -0.15) is 13.2 Å². The molecule has 2 aromatic carbocycles. The van der Waals surface area contributed by atoms with Crippen molar-refractivity contribution in [2.45, 2.75) is 77.9 Å². The maximum atomic E-state index is 12.9. The molecule has 1 heterocycles. The summed E-state index contributed by atoms with van der Waals surface area (Å²) in [6, 6.07) is 10.9. The number of halogens is 4. The average Bonchev–Trinajstić information content (AvgIpc) is 3.37. The van der Waals surface area contributed by atoms with E-state index in [1.54, 1.807) is 0 Å². The molecular weight excluding hydrogens is 573 g/mol. The number of rotatable bonds is 13. The molecule has 0 spiro atoms. The Bertz CT molecular complexity index is 1360. The monoisotopic (exact) mass is 608 g/mol. The average molecular weight is 609 g/mol. The third-order valence-electron chi connectivity index (χ3n) is 6.75. The Hall–Kier alpha value is -3.57. The summed E-state index contributed by atoms with van der Waals surface area (Å²) in [5, 5.41) is 15.3. The van der Waals surface area contributed by atoms with Gasteiger partial charge in [0.2, 0.25) is 5.91 Å². The maximum Gasteiger partial charge on any atom is 0.425 e. The van der Waals surface area contributed by atoms with Crippen LogP contribution in [0.1, 0.15) is 68.3 Å². The summed E-state index contributed by atoms with van der Waals surface area (Å²) in [7, 11) is 0. The van der Waals surface area contributed by atoms with Crippen LogP contribution >= 0.6 is 11.6 Å². The van der Waals surface area contributed by atoms with Crippen LogP contribution in [0.5, 0.6) is 5.75 Å². The highest BCUT2D eigenvalue weighted by atomic mass is 35.5. The van der Waals surface area contributed by atoms with Gasteiger partial charge in [-0.1, -0.05) is 42.8 Å². The highest BCUT2D eigenvalue weighted by Crippen LogP contribution is 2.31. The third kappa shape index (κ3) is 8.72. The number of aryl methyl sites for hydroxylation is 1. The van der Waals surface area contributed by atoms with Crippen molar-refractivity contribution in [3.05, 3.63) is 70.6 Å². The summed E-state index contributed by atoms with van der Waals surface area (Å²) in [6.07, 6.45) is -3.24. The van der Waals surface area contributed by atoms with Crippen LogP contribution in [0.4, 0.5) is 13.2 Å². The van der Waals surface area contributed by atoms with E-state index >= 15 is 0 Å².